The normalized spacial score (nSPS) is 20.4. The van der Waals surface area contributed by atoms with Crippen LogP contribution < -0.4 is 10.9 Å². The van der Waals surface area contributed by atoms with Gasteiger partial charge in [0.2, 0.25) is 10.9 Å². The van der Waals surface area contributed by atoms with Gasteiger partial charge in [0.25, 0.3) is 0 Å². The molecule has 0 amide bonds. The summed E-state index contributed by atoms with van der Waals surface area (Å²) in [7, 11) is 0. The van der Waals surface area contributed by atoms with Gasteiger partial charge >= 0.3 is 0 Å². The van der Waals surface area contributed by atoms with Crippen molar-refractivity contribution in [3.8, 4) is 0 Å². The van der Waals surface area contributed by atoms with Crippen molar-refractivity contribution in [2.75, 3.05) is 0 Å². The lowest BCUT2D eigenvalue weighted by Crippen LogP contribution is -2.41. The standard InChI is InChI=1S/C34H22Br2O4/c35-29-31(37)21-15-7-9-17-23(21)39-33(29)27-25(19-11-3-1-4-12-19)26(20-13-5-2-6-14-20)28(27)34-30(36)32(38)22-16-8-10-18-24(22)40-34/h1-18,25-28H. The Bertz CT molecular complexity index is 1850. The summed E-state index contributed by atoms with van der Waals surface area (Å²) in [6.45, 7) is 0. The van der Waals surface area contributed by atoms with E-state index >= 15 is 0 Å². The molecule has 1 fully saturated rings. The van der Waals surface area contributed by atoms with Crippen molar-refractivity contribution in [1.82, 2.24) is 0 Å². The van der Waals surface area contributed by atoms with Crippen LogP contribution in [0.5, 0.6) is 0 Å². The van der Waals surface area contributed by atoms with Crippen molar-refractivity contribution in [2.45, 2.75) is 23.7 Å². The number of fused-ring (bicyclic) bond motifs is 2. The predicted octanol–water partition coefficient (Wildman–Crippen LogP) is 8.87. The highest BCUT2D eigenvalue weighted by atomic mass is 79.9. The van der Waals surface area contributed by atoms with Gasteiger partial charge in [-0.05, 0) is 67.3 Å². The summed E-state index contributed by atoms with van der Waals surface area (Å²) in [6, 6.07) is 35.1. The van der Waals surface area contributed by atoms with Gasteiger partial charge in [0.05, 0.1) is 10.8 Å². The van der Waals surface area contributed by atoms with Gasteiger partial charge < -0.3 is 8.83 Å². The summed E-state index contributed by atoms with van der Waals surface area (Å²) < 4.78 is 13.9. The molecule has 0 bridgehead atoms. The number of para-hydroxylation sites is 2. The van der Waals surface area contributed by atoms with Gasteiger partial charge in [-0.3, -0.25) is 9.59 Å². The van der Waals surface area contributed by atoms with Crippen molar-refractivity contribution < 1.29 is 8.83 Å². The second kappa shape index (κ2) is 10.0. The lowest BCUT2D eigenvalue weighted by molar-refractivity contribution is 0.176. The maximum atomic E-state index is 13.5. The molecule has 6 heteroatoms. The third-order valence-electron chi connectivity index (χ3n) is 8.06. The van der Waals surface area contributed by atoms with Crippen LogP contribution in [-0.4, -0.2) is 0 Å². The number of benzene rings is 4. The summed E-state index contributed by atoms with van der Waals surface area (Å²) in [5.74, 6) is 0.436. The SMILES string of the molecule is O=c1c(Br)c(C2C(c3ccccc3)C(c3ccccc3)C2c2oc3ccccc3c(=O)c2Br)oc2ccccc12. The van der Waals surface area contributed by atoms with Gasteiger partial charge in [0, 0.05) is 23.7 Å². The number of rotatable bonds is 4. The van der Waals surface area contributed by atoms with E-state index in [4.69, 9.17) is 8.83 Å². The monoisotopic (exact) mass is 652 g/mol. The molecule has 4 aromatic carbocycles. The van der Waals surface area contributed by atoms with Gasteiger partial charge in [-0.25, -0.2) is 0 Å². The van der Waals surface area contributed by atoms with Crippen LogP contribution in [0.3, 0.4) is 0 Å². The summed E-state index contributed by atoms with van der Waals surface area (Å²) in [6.07, 6.45) is 0. The molecule has 4 atom stereocenters. The number of halogens is 2. The Hall–Kier alpha value is -3.74. The van der Waals surface area contributed by atoms with E-state index in [2.05, 4.69) is 56.1 Å². The molecule has 0 saturated heterocycles. The fourth-order valence-electron chi connectivity index (χ4n) is 6.28. The zero-order valence-electron chi connectivity index (χ0n) is 21.1. The lowest BCUT2D eigenvalue weighted by Gasteiger charge is -2.52. The zero-order valence-corrected chi connectivity index (χ0v) is 24.3. The Morgan fingerprint density at radius 1 is 0.450 bits per heavy atom. The van der Waals surface area contributed by atoms with E-state index in [-0.39, 0.29) is 34.5 Å². The second-order valence-corrected chi connectivity index (χ2v) is 11.7. The molecule has 0 spiro atoms. The minimum atomic E-state index is -0.292. The third-order valence-corrected chi connectivity index (χ3v) is 9.56. The van der Waals surface area contributed by atoms with Crippen LogP contribution in [0.15, 0.2) is 137 Å². The molecule has 4 unspecified atom stereocenters. The van der Waals surface area contributed by atoms with E-state index in [1.165, 1.54) is 0 Å². The molecular formula is C34H22Br2O4. The smallest absolute Gasteiger partial charge is 0.207 e. The van der Waals surface area contributed by atoms with Crippen molar-refractivity contribution in [2.24, 2.45) is 0 Å². The number of hydrogen-bond donors (Lipinski definition) is 0. The van der Waals surface area contributed by atoms with Crippen LogP contribution >= 0.6 is 31.9 Å². The predicted molar refractivity (Wildman–Crippen MR) is 164 cm³/mol. The van der Waals surface area contributed by atoms with E-state index in [9.17, 15) is 9.59 Å². The molecule has 0 radical (unpaired) electrons. The summed E-state index contributed by atoms with van der Waals surface area (Å²) in [5, 5.41) is 1.03. The molecule has 1 aliphatic rings. The van der Waals surface area contributed by atoms with Gasteiger partial charge in [0.15, 0.2) is 0 Å². The van der Waals surface area contributed by atoms with Crippen molar-refractivity contribution in [3.63, 3.8) is 0 Å². The van der Waals surface area contributed by atoms with Crippen LogP contribution in [0.4, 0.5) is 0 Å². The average Bonchev–Trinajstić information content (AvgIpc) is 2.99. The first-order valence-corrected chi connectivity index (χ1v) is 14.7. The van der Waals surface area contributed by atoms with Crippen LogP contribution in [0.25, 0.3) is 21.9 Å². The highest BCUT2D eigenvalue weighted by Crippen LogP contribution is 2.67. The van der Waals surface area contributed by atoms with Gasteiger partial charge in [-0.1, -0.05) is 84.9 Å². The Balaban J connectivity index is 1.54. The fraction of sp³-hybridized carbons (Fsp3) is 0.118. The Labute approximate surface area is 246 Å². The maximum Gasteiger partial charge on any atom is 0.207 e. The molecule has 4 nitrogen and oxygen atoms in total. The molecule has 1 saturated carbocycles. The van der Waals surface area contributed by atoms with Gasteiger partial charge in [-0.15, -0.1) is 0 Å². The van der Waals surface area contributed by atoms with E-state index < -0.39 is 0 Å². The molecular weight excluding hydrogens is 632 g/mol. The van der Waals surface area contributed by atoms with E-state index in [1.54, 1.807) is 12.1 Å². The van der Waals surface area contributed by atoms with Crippen molar-refractivity contribution >= 4 is 53.8 Å². The molecule has 2 heterocycles. The van der Waals surface area contributed by atoms with Crippen LogP contribution in [0, 0.1) is 0 Å². The summed E-state index contributed by atoms with van der Waals surface area (Å²) >= 11 is 7.23. The van der Waals surface area contributed by atoms with Crippen LogP contribution in [0.2, 0.25) is 0 Å². The fourth-order valence-corrected chi connectivity index (χ4v) is 7.40. The highest BCUT2D eigenvalue weighted by Gasteiger charge is 2.57. The molecule has 0 aliphatic heterocycles. The minimum absolute atomic E-state index is 0.0436. The van der Waals surface area contributed by atoms with Gasteiger partial charge in [0.1, 0.15) is 31.6 Å². The first kappa shape index (κ1) is 25.2. The second-order valence-electron chi connectivity index (χ2n) is 10.1. The largest absolute Gasteiger partial charge is 0.459 e. The minimum Gasteiger partial charge on any atom is -0.459 e. The molecule has 196 valence electrons. The lowest BCUT2D eigenvalue weighted by atomic mass is 9.51. The molecule has 0 N–H and O–H groups in total. The van der Waals surface area contributed by atoms with Gasteiger partial charge in [-0.2, -0.15) is 0 Å². The summed E-state index contributed by atoms with van der Waals surface area (Å²) in [4.78, 5) is 27.1. The molecule has 2 aromatic heterocycles. The quantitative estimate of drug-likeness (QED) is 0.191. The van der Waals surface area contributed by atoms with Crippen LogP contribution in [-0.2, 0) is 0 Å². The first-order valence-electron chi connectivity index (χ1n) is 13.1. The third kappa shape index (κ3) is 3.93. The first-order chi connectivity index (χ1) is 19.5. The van der Waals surface area contributed by atoms with Crippen LogP contribution in [0.1, 0.15) is 46.3 Å². The highest BCUT2D eigenvalue weighted by molar-refractivity contribution is 9.10. The van der Waals surface area contributed by atoms with E-state index in [0.29, 0.717) is 42.4 Å². The zero-order chi connectivity index (χ0) is 27.4. The Morgan fingerprint density at radius 3 is 1.20 bits per heavy atom. The topological polar surface area (TPSA) is 60.4 Å². The van der Waals surface area contributed by atoms with Crippen molar-refractivity contribution in [1.29, 1.82) is 0 Å². The Kier molecular flexibility index (Phi) is 6.32. The molecule has 6 aromatic rings. The Morgan fingerprint density at radius 2 is 0.800 bits per heavy atom. The average molecular weight is 654 g/mol. The molecule has 7 rings (SSSR count). The molecule has 1 aliphatic carbocycles. The van der Waals surface area contributed by atoms with E-state index in [0.717, 1.165) is 11.1 Å². The van der Waals surface area contributed by atoms with Crippen molar-refractivity contribution in [3.05, 3.63) is 161 Å². The maximum absolute atomic E-state index is 13.5. The number of hydrogen-bond acceptors (Lipinski definition) is 4. The van der Waals surface area contributed by atoms with E-state index in [1.807, 2.05) is 72.8 Å². The summed E-state index contributed by atoms with van der Waals surface area (Å²) in [5.41, 5.74) is 3.06. The molecule has 40 heavy (non-hydrogen) atoms.